The highest BCUT2D eigenvalue weighted by atomic mass is 19.1. The molecule has 0 N–H and O–H groups in total. The number of hydrogen-bond donors (Lipinski definition) is 0. The Morgan fingerprint density at radius 2 is 1.95 bits per heavy atom. The van der Waals surface area contributed by atoms with E-state index < -0.39 is 0 Å². The van der Waals surface area contributed by atoms with Crippen LogP contribution in [0.25, 0.3) is 11.1 Å². The van der Waals surface area contributed by atoms with Crippen LogP contribution in [0.2, 0.25) is 0 Å². The van der Waals surface area contributed by atoms with Crippen molar-refractivity contribution in [1.29, 1.82) is 0 Å². The third kappa shape index (κ3) is 3.28. The summed E-state index contributed by atoms with van der Waals surface area (Å²) in [5.74, 6) is 0.212. The SMILES string of the molecule is CC(C)Cc1cccc(-c2ccc(C=O)cc2F)c1. The lowest BCUT2D eigenvalue weighted by Gasteiger charge is -2.09. The van der Waals surface area contributed by atoms with Gasteiger partial charge >= 0.3 is 0 Å². The van der Waals surface area contributed by atoms with Crippen LogP contribution in [-0.2, 0) is 6.42 Å². The van der Waals surface area contributed by atoms with Crippen LogP contribution in [0.15, 0.2) is 42.5 Å². The van der Waals surface area contributed by atoms with Gasteiger partial charge in [0.05, 0.1) is 0 Å². The second kappa shape index (κ2) is 5.79. The van der Waals surface area contributed by atoms with Gasteiger partial charge in [0.1, 0.15) is 12.1 Å². The maximum atomic E-state index is 14.0. The van der Waals surface area contributed by atoms with Gasteiger partial charge in [-0.05, 0) is 29.5 Å². The van der Waals surface area contributed by atoms with Gasteiger partial charge in [-0.1, -0.05) is 50.2 Å². The molecule has 2 rings (SSSR count). The Balaban J connectivity index is 2.38. The molecule has 0 aliphatic heterocycles. The van der Waals surface area contributed by atoms with E-state index in [-0.39, 0.29) is 5.82 Å². The number of aldehydes is 1. The summed E-state index contributed by atoms with van der Waals surface area (Å²) in [6, 6.07) is 12.5. The lowest BCUT2D eigenvalue weighted by Crippen LogP contribution is -1.95. The van der Waals surface area contributed by atoms with E-state index in [1.807, 2.05) is 18.2 Å². The second-order valence-electron chi connectivity index (χ2n) is 5.16. The molecule has 0 aliphatic carbocycles. The maximum absolute atomic E-state index is 14.0. The lowest BCUT2D eigenvalue weighted by atomic mass is 9.97. The monoisotopic (exact) mass is 256 g/mol. The van der Waals surface area contributed by atoms with Crippen molar-refractivity contribution >= 4 is 6.29 Å². The predicted molar refractivity (Wildman–Crippen MR) is 75.8 cm³/mol. The largest absolute Gasteiger partial charge is 0.298 e. The van der Waals surface area contributed by atoms with Crippen LogP contribution in [0.4, 0.5) is 4.39 Å². The Labute approximate surface area is 113 Å². The van der Waals surface area contributed by atoms with Gasteiger partial charge in [0, 0.05) is 11.1 Å². The fraction of sp³-hybridized carbons (Fsp3) is 0.235. The molecule has 2 heteroatoms. The van der Waals surface area contributed by atoms with Crippen LogP contribution in [0, 0.1) is 11.7 Å². The zero-order valence-corrected chi connectivity index (χ0v) is 11.2. The summed E-state index contributed by atoms with van der Waals surface area (Å²) in [5.41, 5.74) is 2.95. The van der Waals surface area contributed by atoms with Gasteiger partial charge in [0.2, 0.25) is 0 Å². The van der Waals surface area contributed by atoms with E-state index >= 15 is 0 Å². The van der Waals surface area contributed by atoms with Crippen molar-refractivity contribution in [2.75, 3.05) is 0 Å². The van der Waals surface area contributed by atoms with Crippen LogP contribution in [-0.4, -0.2) is 6.29 Å². The van der Waals surface area contributed by atoms with Gasteiger partial charge in [-0.2, -0.15) is 0 Å². The molecule has 98 valence electrons. The Hall–Kier alpha value is -1.96. The van der Waals surface area contributed by atoms with Crippen LogP contribution in [0.5, 0.6) is 0 Å². The van der Waals surface area contributed by atoms with Crippen molar-refractivity contribution in [3.05, 3.63) is 59.4 Å². The summed E-state index contributed by atoms with van der Waals surface area (Å²) in [6.07, 6.45) is 1.63. The zero-order valence-electron chi connectivity index (χ0n) is 11.2. The number of hydrogen-bond acceptors (Lipinski definition) is 1. The molecule has 0 radical (unpaired) electrons. The van der Waals surface area contributed by atoms with Crippen LogP contribution in [0.3, 0.4) is 0 Å². The van der Waals surface area contributed by atoms with E-state index in [0.29, 0.717) is 23.3 Å². The van der Waals surface area contributed by atoms with Gasteiger partial charge in [-0.15, -0.1) is 0 Å². The van der Waals surface area contributed by atoms with Crippen molar-refractivity contribution in [3.8, 4) is 11.1 Å². The molecule has 2 aromatic rings. The standard InChI is InChI=1S/C17H17FO/c1-12(2)8-13-4-3-5-15(9-13)16-7-6-14(11-19)10-17(16)18/h3-7,9-12H,8H2,1-2H3. The topological polar surface area (TPSA) is 17.1 Å². The quantitative estimate of drug-likeness (QED) is 0.736. The normalized spacial score (nSPS) is 10.7. The van der Waals surface area contributed by atoms with E-state index in [0.717, 1.165) is 12.0 Å². The van der Waals surface area contributed by atoms with Gasteiger partial charge in [0.25, 0.3) is 0 Å². The third-order valence-corrected chi connectivity index (χ3v) is 3.01. The molecule has 0 amide bonds. The van der Waals surface area contributed by atoms with Crippen LogP contribution < -0.4 is 0 Å². The Bertz CT molecular complexity index is 588. The average Bonchev–Trinajstić information content (AvgIpc) is 2.38. The number of benzene rings is 2. The minimum Gasteiger partial charge on any atom is -0.298 e. The molecule has 0 spiro atoms. The van der Waals surface area contributed by atoms with Crippen molar-refractivity contribution < 1.29 is 9.18 Å². The molecule has 0 bridgehead atoms. The minimum absolute atomic E-state index is 0.355. The molecule has 0 aliphatic rings. The highest BCUT2D eigenvalue weighted by molar-refractivity contribution is 5.77. The van der Waals surface area contributed by atoms with E-state index in [2.05, 4.69) is 19.9 Å². The molecule has 0 fully saturated rings. The van der Waals surface area contributed by atoms with Gasteiger partial charge in [-0.25, -0.2) is 4.39 Å². The fourth-order valence-corrected chi connectivity index (χ4v) is 2.18. The van der Waals surface area contributed by atoms with Crippen molar-refractivity contribution in [3.63, 3.8) is 0 Å². The smallest absolute Gasteiger partial charge is 0.150 e. The predicted octanol–water partition coefficient (Wildman–Crippen LogP) is 4.50. The first kappa shape index (κ1) is 13.5. The first-order valence-corrected chi connectivity index (χ1v) is 6.44. The van der Waals surface area contributed by atoms with Crippen LogP contribution >= 0.6 is 0 Å². The Kier molecular flexibility index (Phi) is 4.10. The minimum atomic E-state index is -0.355. The molecule has 0 aromatic heterocycles. The van der Waals surface area contributed by atoms with E-state index in [1.165, 1.54) is 11.6 Å². The first-order valence-electron chi connectivity index (χ1n) is 6.44. The summed E-state index contributed by atoms with van der Waals surface area (Å²) in [5, 5.41) is 0. The molecular formula is C17H17FO. The molecule has 2 aromatic carbocycles. The fourth-order valence-electron chi connectivity index (χ4n) is 2.18. The summed E-state index contributed by atoms with van der Waals surface area (Å²) in [7, 11) is 0. The van der Waals surface area contributed by atoms with Gasteiger partial charge in [-0.3, -0.25) is 4.79 Å². The van der Waals surface area contributed by atoms with E-state index in [9.17, 15) is 9.18 Å². The highest BCUT2D eigenvalue weighted by Crippen LogP contribution is 2.25. The average molecular weight is 256 g/mol. The summed E-state index contributed by atoms with van der Waals surface area (Å²) in [4.78, 5) is 10.6. The second-order valence-corrected chi connectivity index (χ2v) is 5.16. The van der Waals surface area contributed by atoms with E-state index in [1.54, 1.807) is 12.1 Å². The zero-order chi connectivity index (χ0) is 13.8. The molecule has 0 unspecified atom stereocenters. The number of carbonyl (C=O) groups excluding carboxylic acids is 1. The number of halogens is 1. The molecule has 0 heterocycles. The van der Waals surface area contributed by atoms with Crippen molar-refractivity contribution in [2.45, 2.75) is 20.3 Å². The molecule has 0 atom stereocenters. The van der Waals surface area contributed by atoms with Gasteiger partial charge in [0.15, 0.2) is 0 Å². The molecule has 0 saturated heterocycles. The highest BCUT2D eigenvalue weighted by Gasteiger charge is 2.07. The third-order valence-electron chi connectivity index (χ3n) is 3.01. The molecular weight excluding hydrogens is 239 g/mol. The van der Waals surface area contributed by atoms with Crippen LogP contribution in [0.1, 0.15) is 29.8 Å². The van der Waals surface area contributed by atoms with Crippen molar-refractivity contribution in [1.82, 2.24) is 0 Å². The first-order chi connectivity index (χ1) is 9.10. The number of carbonyl (C=O) groups is 1. The summed E-state index contributed by atoms with van der Waals surface area (Å²) in [6.45, 7) is 4.32. The van der Waals surface area contributed by atoms with Crippen molar-refractivity contribution in [2.24, 2.45) is 5.92 Å². The lowest BCUT2D eigenvalue weighted by molar-refractivity contribution is 0.112. The molecule has 1 nitrogen and oxygen atoms in total. The number of rotatable bonds is 4. The summed E-state index contributed by atoms with van der Waals surface area (Å²) < 4.78 is 14.0. The molecule has 0 saturated carbocycles. The Morgan fingerprint density at radius 3 is 2.58 bits per heavy atom. The molecule has 19 heavy (non-hydrogen) atoms. The van der Waals surface area contributed by atoms with E-state index in [4.69, 9.17) is 0 Å². The Morgan fingerprint density at radius 1 is 1.16 bits per heavy atom. The summed E-state index contributed by atoms with van der Waals surface area (Å²) >= 11 is 0. The maximum Gasteiger partial charge on any atom is 0.150 e. The van der Waals surface area contributed by atoms with Gasteiger partial charge < -0.3 is 0 Å².